The summed E-state index contributed by atoms with van der Waals surface area (Å²) in [5, 5.41) is 0. The molecule has 0 aliphatic heterocycles. The van der Waals surface area contributed by atoms with Gasteiger partial charge < -0.3 is 15.1 Å². The van der Waals surface area contributed by atoms with E-state index in [0.717, 1.165) is 5.56 Å². The molecule has 1 aromatic heterocycles. The molecule has 0 fully saturated rings. The maximum atomic E-state index is 12.3. The van der Waals surface area contributed by atoms with Crippen LogP contribution in [0, 0.1) is 0 Å². The molecule has 1 unspecified atom stereocenters. The summed E-state index contributed by atoms with van der Waals surface area (Å²) in [6.45, 7) is 2.29. The zero-order chi connectivity index (χ0) is 13.8. The first-order valence-electron chi connectivity index (χ1n) is 6.23. The van der Waals surface area contributed by atoms with Crippen LogP contribution < -0.4 is 5.73 Å². The number of hydrogen-bond acceptors (Lipinski definition) is 3. The average molecular weight is 295 g/mol. The minimum atomic E-state index is -0.0696. The highest BCUT2D eigenvalue weighted by atomic mass is 35.5. The maximum Gasteiger partial charge on any atom is 0.257 e. The summed E-state index contributed by atoms with van der Waals surface area (Å²) in [7, 11) is 1.79. The lowest BCUT2D eigenvalue weighted by atomic mass is 10.1. The van der Waals surface area contributed by atoms with Gasteiger partial charge in [-0.3, -0.25) is 4.79 Å². The molecule has 2 rings (SSSR count). The molecule has 0 aliphatic carbocycles. The predicted octanol–water partition coefficient (Wildman–Crippen LogP) is 2.99. The van der Waals surface area contributed by atoms with E-state index in [2.05, 4.69) is 0 Å². The van der Waals surface area contributed by atoms with Crippen LogP contribution in [0.4, 0.5) is 0 Å². The molecule has 0 saturated carbocycles. The maximum absolute atomic E-state index is 12.3. The van der Waals surface area contributed by atoms with Crippen molar-refractivity contribution in [1.29, 1.82) is 0 Å². The Labute approximate surface area is 125 Å². The topological polar surface area (TPSA) is 59.5 Å². The summed E-state index contributed by atoms with van der Waals surface area (Å²) >= 11 is 0. The standard InChI is InChI=1S/C15H18N2O2.ClH/c1-11(12-6-4-3-5-7-12)17(2)15(18)13-8-14(9-16)19-10-13;/h3-8,10-11H,9,16H2,1-2H3;1H. The van der Waals surface area contributed by atoms with Crippen LogP contribution in [0.1, 0.15) is 34.6 Å². The predicted molar refractivity (Wildman–Crippen MR) is 80.8 cm³/mol. The van der Waals surface area contributed by atoms with Gasteiger partial charge in [0.2, 0.25) is 0 Å². The fourth-order valence-electron chi connectivity index (χ4n) is 1.93. The highest BCUT2D eigenvalue weighted by molar-refractivity contribution is 5.94. The van der Waals surface area contributed by atoms with Crippen molar-refractivity contribution >= 4 is 18.3 Å². The number of nitrogens with two attached hydrogens (primary N) is 1. The second-order valence-corrected chi connectivity index (χ2v) is 4.51. The van der Waals surface area contributed by atoms with Crippen LogP contribution in [0.25, 0.3) is 0 Å². The molecule has 0 bridgehead atoms. The molecule has 1 atom stereocenters. The van der Waals surface area contributed by atoms with E-state index >= 15 is 0 Å². The Morgan fingerprint density at radius 2 is 2.00 bits per heavy atom. The van der Waals surface area contributed by atoms with Crippen LogP contribution in [0.15, 0.2) is 47.1 Å². The van der Waals surface area contributed by atoms with Crippen LogP contribution in [0.2, 0.25) is 0 Å². The van der Waals surface area contributed by atoms with Gasteiger partial charge in [-0.25, -0.2) is 0 Å². The smallest absolute Gasteiger partial charge is 0.257 e. The van der Waals surface area contributed by atoms with E-state index in [4.69, 9.17) is 10.2 Å². The van der Waals surface area contributed by atoms with Crippen molar-refractivity contribution < 1.29 is 9.21 Å². The molecule has 1 aromatic carbocycles. The van der Waals surface area contributed by atoms with Crippen molar-refractivity contribution in [3.63, 3.8) is 0 Å². The normalized spacial score (nSPS) is 11.6. The number of nitrogens with zero attached hydrogens (tertiary/aromatic N) is 1. The van der Waals surface area contributed by atoms with Gasteiger partial charge in [0.15, 0.2) is 0 Å². The van der Waals surface area contributed by atoms with Crippen molar-refractivity contribution in [2.75, 3.05) is 7.05 Å². The Kier molecular flexibility index (Phi) is 5.80. The van der Waals surface area contributed by atoms with Gasteiger partial charge in [0.05, 0.1) is 18.2 Å². The van der Waals surface area contributed by atoms with Crippen molar-refractivity contribution in [2.45, 2.75) is 19.5 Å². The van der Waals surface area contributed by atoms with E-state index in [9.17, 15) is 4.79 Å². The molecule has 108 valence electrons. The lowest BCUT2D eigenvalue weighted by Gasteiger charge is -2.24. The Morgan fingerprint density at radius 1 is 1.35 bits per heavy atom. The van der Waals surface area contributed by atoms with E-state index in [1.165, 1.54) is 6.26 Å². The number of amides is 1. The Hall–Kier alpha value is -1.78. The first-order chi connectivity index (χ1) is 9.13. The van der Waals surface area contributed by atoms with E-state index in [1.807, 2.05) is 37.3 Å². The van der Waals surface area contributed by atoms with Crippen LogP contribution in [0.3, 0.4) is 0 Å². The molecule has 2 aromatic rings. The first kappa shape index (κ1) is 16.3. The quantitative estimate of drug-likeness (QED) is 0.943. The largest absolute Gasteiger partial charge is 0.467 e. The van der Waals surface area contributed by atoms with Crippen molar-refractivity contribution in [3.05, 3.63) is 59.5 Å². The summed E-state index contributed by atoms with van der Waals surface area (Å²) in [4.78, 5) is 14.0. The van der Waals surface area contributed by atoms with E-state index < -0.39 is 0 Å². The fourth-order valence-corrected chi connectivity index (χ4v) is 1.93. The van der Waals surface area contributed by atoms with Crippen LogP contribution >= 0.6 is 12.4 Å². The van der Waals surface area contributed by atoms with Crippen molar-refractivity contribution in [1.82, 2.24) is 4.90 Å². The third-order valence-corrected chi connectivity index (χ3v) is 3.29. The number of carbonyl (C=O) groups excluding carboxylic acids is 1. The number of rotatable bonds is 4. The molecule has 0 aliphatic rings. The molecule has 0 saturated heterocycles. The van der Waals surface area contributed by atoms with Crippen molar-refractivity contribution in [3.8, 4) is 0 Å². The van der Waals surface area contributed by atoms with Gasteiger partial charge in [0.25, 0.3) is 5.91 Å². The number of hydrogen-bond donors (Lipinski definition) is 1. The molecule has 5 heteroatoms. The number of furan rings is 1. The fraction of sp³-hybridized carbons (Fsp3) is 0.267. The summed E-state index contributed by atoms with van der Waals surface area (Å²) in [6, 6.07) is 11.6. The minimum Gasteiger partial charge on any atom is -0.467 e. The Morgan fingerprint density at radius 3 is 2.55 bits per heavy atom. The van der Waals surface area contributed by atoms with Crippen molar-refractivity contribution in [2.24, 2.45) is 5.73 Å². The molecule has 0 spiro atoms. The van der Waals surface area contributed by atoms with E-state index in [1.54, 1.807) is 18.0 Å². The van der Waals surface area contributed by atoms with Gasteiger partial charge in [0.1, 0.15) is 12.0 Å². The summed E-state index contributed by atoms with van der Waals surface area (Å²) in [5.74, 6) is 0.545. The zero-order valence-electron chi connectivity index (χ0n) is 11.6. The molecular formula is C15H19ClN2O2. The molecule has 0 radical (unpaired) electrons. The summed E-state index contributed by atoms with van der Waals surface area (Å²) in [5.41, 5.74) is 7.10. The molecule has 20 heavy (non-hydrogen) atoms. The average Bonchev–Trinajstić information content (AvgIpc) is 2.94. The lowest BCUT2D eigenvalue weighted by Crippen LogP contribution is -2.29. The molecule has 1 heterocycles. The number of benzene rings is 1. The van der Waals surface area contributed by atoms with Gasteiger partial charge in [-0.2, -0.15) is 0 Å². The van der Waals surface area contributed by atoms with Gasteiger partial charge in [-0.15, -0.1) is 12.4 Å². The molecular weight excluding hydrogens is 276 g/mol. The first-order valence-corrected chi connectivity index (χ1v) is 6.23. The van der Waals surface area contributed by atoms with E-state index in [0.29, 0.717) is 17.9 Å². The van der Waals surface area contributed by atoms with Crippen LogP contribution in [-0.4, -0.2) is 17.9 Å². The summed E-state index contributed by atoms with van der Waals surface area (Å²) in [6.07, 6.45) is 1.46. The molecule has 1 amide bonds. The highest BCUT2D eigenvalue weighted by Crippen LogP contribution is 2.21. The zero-order valence-corrected chi connectivity index (χ0v) is 12.4. The minimum absolute atomic E-state index is 0. The second kappa shape index (κ2) is 7.12. The van der Waals surface area contributed by atoms with Crippen LogP contribution in [0.5, 0.6) is 0 Å². The summed E-state index contributed by atoms with van der Waals surface area (Å²) < 4.78 is 5.20. The molecule has 4 nitrogen and oxygen atoms in total. The van der Waals surface area contributed by atoms with Gasteiger partial charge >= 0.3 is 0 Å². The SMILES string of the molecule is CC(c1ccccc1)N(C)C(=O)c1coc(CN)c1.Cl. The Bertz CT molecular complexity index is 554. The highest BCUT2D eigenvalue weighted by Gasteiger charge is 2.20. The van der Waals surface area contributed by atoms with Gasteiger partial charge in [-0.05, 0) is 18.6 Å². The third-order valence-electron chi connectivity index (χ3n) is 3.29. The Balaban J connectivity index is 0.00000200. The second-order valence-electron chi connectivity index (χ2n) is 4.51. The molecule has 2 N–H and O–H groups in total. The monoisotopic (exact) mass is 294 g/mol. The third kappa shape index (κ3) is 3.40. The van der Waals surface area contributed by atoms with Crippen LogP contribution in [-0.2, 0) is 6.54 Å². The number of halogens is 1. The van der Waals surface area contributed by atoms with E-state index in [-0.39, 0.29) is 24.4 Å². The van der Waals surface area contributed by atoms with Gasteiger partial charge in [0, 0.05) is 7.05 Å². The lowest BCUT2D eigenvalue weighted by molar-refractivity contribution is 0.0742. The van der Waals surface area contributed by atoms with Gasteiger partial charge in [-0.1, -0.05) is 30.3 Å². The number of carbonyl (C=O) groups is 1.